The smallest absolute Gasteiger partial charge is 0.214 e. The molecule has 0 unspecified atom stereocenters. The van der Waals surface area contributed by atoms with E-state index in [9.17, 15) is 4.39 Å². The van der Waals surface area contributed by atoms with Crippen molar-refractivity contribution in [2.24, 2.45) is 0 Å². The van der Waals surface area contributed by atoms with Gasteiger partial charge in [-0.05, 0) is 40.3 Å². The third-order valence-corrected chi connectivity index (χ3v) is 4.33. The van der Waals surface area contributed by atoms with Crippen LogP contribution in [0.1, 0.15) is 5.56 Å². The molecule has 0 amide bonds. The first-order valence-corrected chi connectivity index (χ1v) is 8.08. The Labute approximate surface area is 142 Å². The van der Waals surface area contributed by atoms with Gasteiger partial charge in [0.05, 0.1) is 14.2 Å². The standard InChI is InChI=1S/C16H15FN4O2S/c1-22-13-7-8-15(23-2)14(9-13)21-16(18-19-20-21)24-10-11-3-5-12(17)6-4-11/h3-9H,10H2,1-2H3. The molecule has 0 fully saturated rings. The fourth-order valence-corrected chi connectivity index (χ4v) is 2.95. The zero-order valence-electron chi connectivity index (χ0n) is 13.1. The number of tetrazole rings is 1. The molecule has 0 aliphatic heterocycles. The number of hydrogen-bond donors (Lipinski definition) is 0. The summed E-state index contributed by atoms with van der Waals surface area (Å²) >= 11 is 1.45. The predicted molar refractivity (Wildman–Crippen MR) is 88.2 cm³/mol. The van der Waals surface area contributed by atoms with Crippen LogP contribution < -0.4 is 9.47 Å². The van der Waals surface area contributed by atoms with E-state index in [-0.39, 0.29) is 5.82 Å². The first-order valence-electron chi connectivity index (χ1n) is 7.09. The van der Waals surface area contributed by atoms with E-state index in [1.807, 2.05) is 0 Å². The summed E-state index contributed by atoms with van der Waals surface area (Å²) in [5.74, 6) is 1.67. The molecular weight excluding hydrogens is 331 g/mol. The summed E-state index contributed by atoms with van der Waals surface area (Å²) in [6.07, 6.45) is 0. The summed E-state index contributed by atoms with van der Waals surface area (Å²) in [4.78, 5) is 0. The van der Waals surface area contributed by atoms with Crippen LogP contribution >= 0.6 is 11.8 Å². The number of thioether (sulfide) groups is 1. The molecule has 0 saturated carbocycles. The summed E-state index contributed by atoms with van der Waals surface area (Å²) in [6, 6.07) is 11.7. The minimum atomic E-state index is -0.255. The van der Waals surface area contributed by atoms with Gasteiger partial charge in [0.2, 0.25) is 5.16 Å². The lowest BCUT2D eigenvalue weighted by atomic mass is 10.2. The Morgan fingerprint density at radius 1 is 1.08 bits per heavy atom. The third-order valence-electron chi connectivity index (χ3n) is 3.34. The van der Waals surface area contributed by atoms with Crippen molar-refractivity contribution in [2.75, 3.05) is 14.2 Å². The Bertz CT molecular complexity index is 823. The van der Waals surface area contributed by atoms with Gasteiger partial charge in [0.15, 0.2) is 0 Å². The molecule has 0 atom stereocenters. The Morgan fingerprint density at radius 2 is 1.88 bits per heavy atom. The van der Waals surface area contributed by atoms with Gasteiger partial charge in [-0.25, -0.2) is 4.39 Å². The molecule has 6 nitrogen and oxygen atoms in total. The SMILES string of the molecule is COc1ccc(OC)c(-n2nnnc2SCc2ccc(F)cc2)c1. The molecular formula is C16H15FN4O2S. The summed E-state index contributed by atoms with van der Waals surface area (Å²) in [7, 11) is 3.18. The number of ether oxygens (including phenoxy) is 2. The molecule has 0 saturated heterocycles. The van der Waals surface area contributed by atoms with E-state index < -0.39 is 0 Å². The van der Waals surface area contributed by atoms with E-state index in [0.717, 1.165) is 5.56 Å². The number of methoxy groups -OCH3 is 2. The van der Waals surface area contributed by atoms with Crippen molar-refractivity contribution in [1.29, 1.82) is 0 Å². The third kappa shape index (κ3) is 3.48. The van der Waals surface area contributed by atoms with Crippen molar-refractivity contribution in [3.05, 3.63) is 53.8 Å². The molecule has 0 aliphatic rings. The van der Waals surface area contributed by atoms with Crippen LogP contribution in [0.15, 0.2) is 47.6 Å². The Hall–Kier alpha value is -2.61. The first kappa shape index (κ1) is 16.3. The van der Waals surface area contributed by atoms with Crippen molar-refractivity contribution in [3.8, 4) is 17.2 Å². The molecule has 124 valence electrons. The second kappa shape index (κ2) is 7.31. The quantitative estimate of drug-likeness (QED) is 0.639. The minimum Gasteiger partial charge on any atom is -0.497 e. The highest BCUT2D eigenvalue weighted by Gasteiger charge is 2.14. The Morgan fingerprint density at radius 3 is 2.58 bits per heavy atom. The molecule has 3 rings (SSSR count). The van der Waals surface area contributed by atoms with Crippen LogP contribution in [0.5, 0.6) is 11.5 Å². The first-order chi connectivity index (χ1) is 11.7. The Balaban J connectivity index is 1.86. The summed E-state index contributed by atoms with van der Waals surface area (Å²) in [6.45, 7) is 0. The lowest BCUT2D eigenvalue weighted by Crippen LogP contribution is -2.02. The molecule has 0 aliphatic carbocycles. The van der Waals surface area contributed by atoms with Gasteiger partial charge in [-0.3, -0.25) is 0 Å². The second-order valence-corrected chi connectivity index (χ2v) is 5.77. The molecule has 0 bridgehead atoms. The average molecular weight is 346 g/mol. The van der Waals surface area contributed by atoms with E-state index in [0.29, 0.717) is 28.1 Å². The van der Waals surface area contributed by atoms with Crippen LogP contribution in [0.4, 0.5) is 4.39 Å². The van der Waals surface area contributed by atoms with Crippen LogP contribution in [0.2, 0.25) is 0 Å². The number of rotatable bonds is 6. The average Bonchev–Trinajstić information content (AvgIpc) is 3.09. The highest BCUT2D eigenvalue weighted by atomic mass is 32.2. The van der Waals surface area contributed by atoms with E-state index >= 15 is 0 Å². The molecule has 1 aromatic heterocycles. The lowest BCUT2D eigenvalue weighted by molar-refractivity contribution is 0.399. The van der Waals surface area contributed by atoms with Gasteiger partial charge in [0, 0.05) is 11.8 Å². The summed E-state index contributed by atoms with van der Waals surface area (Å²) in [5, 5.41) is 12.4. The van der Waals surface area contributed by atoms with Crippen molar-refractivity contribution < 1.29 is 13.9 Å². The fourth-order valence-electron chi connectivity index (χ4n) is 2.11. The van der Waals surface area contributed by atoms with Gasteiger partial charge in [-0.2, -0.15) is 4.68 Å². The second-order valence-electron chi connectivity index (χ2n) is 4.83. The highest BCUT2D eigenvalue weighted by molar-refractivity contribution is 7.98. The van der Waals surface area contributed by atoms with Crippen LogP contribution in [0.25, 0.3) is 5.69 Å². The molecule has 2 aromatic carbocycles. The maximum Gasteiger partial charge on any atom is 0.214 e. The molecule has 24 heavy (non-hydrogen) atoms. The minimum absolute atomic E-state index is 0.255. The largest absolute Gasteiger partial charge is 0.497 e. The van der Waals surface area contributed by atoms with Crippen molar-refractivity contribution >= 4 is 11.8 Å². The van der Waals surface area contributed by atoms with Crippen LogP contribution in [0, 0.1) is 5.82 Å². The normalized spacial score (nSPS) is 10.6. The van der Waals surface area contributed by atoms with Gasteiger partial charge in [0.25, 0.3) is 0 Å². The molecule has 8 heteroatoms. The number of halogens is 1. The molecule has 0 spiro atoms. The Kier molecular flexibility index (Phi) is 4.95. The van der Waals surface area contributed by atoms with E-state index in [1.54, 1.807) is 49.2 Å². The predicted octanol–water partition coefficient (Wildman–Crippen LogP) is 3.11. The van der Waals surface area contributed by atoms with Crippen LogP contribution in [0.3, 0.4) is 0 Å². The number of nitrogens with zero attached hydrogens (tertiary/aromatic N) is 4. The monoisotopic (exact) mass is 346 g/mol. The lowest BCUT2D eigenvalue weighted by Gasteiger charge is -2.11. The molecule has 1 heterocycles. The molecule has 0 N–H and O–H groups in total. The van der Waals surface area contributed by atoms with Crippen LogP contribution in [-0.2, 0) is 5.75 Å². The zero-order chi connectivity index (χ0) is 16.9. The van der Waals surface area contributed by atoms with Gasteiger partial charge in [-0.15, -0.1) is 5.10 Å². The van der Waals surface area contributed by atoms with Crippen molar-refractivity contribution in [2.45, 2.75) is 10.9 Å². The van der Waals surface area contributed by atoms with Crippen molar-refractivity contribution in [3.63, 3.8) is 0 Å². The summed E-state index contributed by atoms with van der Waals surface area (Å²) in [5.41, 5.74) is 1.66. The number of aromatic nitrogens is 4. The molecule has 3 aromatic rings. The number of hydrogen-bond acceptors (Lipinski definition) is 6. The molecule has 0 radical (unpaired) electrons. The topological polar surface area (TPSA) is 62.1 Å². The van der Waals surface area contributed by atoms with E-state index in [1.165, 1.54) is 23.9 Å². The number of benzene rings is 2. The van der Waals surface area contributed by atoms with Gasteiger partial charge in [-0.1, -0.05) is 23.9 Å². The van der Waals surface area contributed by atoms with Crippen LogP contribution in [-0.4, -0.2) is 34.4 Å². The van der Waals surface area contributed by atoms with Gasteiger partial charge < -0.3 is 9.47 Å². The maximum atomic E-state index is 13.0. The van der Waals surface area contributed by atoms with Gasteiger partial charge >= 0.3 is 0 Å². The maximum absolute atomic E-state index is 13.0. The fraction of sp³-hybridized carbons (Fsp3) is 0.188. The van der Waals surface area contributed by atoms with E-state index in [2.05, 4.69) is 15.5 Å². The summed E-state index contributed by atoms with van der Waals surface area (Å²) < 4.78 is 25.2. The highest BCUT2D eigenvalue weighted by Crippen LogP contribution is 2.30. The van der Waals surface area contributed by atoms with E-state index in [4.69, 9.17) is 9.47 Å². The van der Waals surface area contributed by atoms with Gasteiger partial charge in [0.1, 0.15) is 23.0 Å². The zero-order valence-corrected chi connectivity index (χ0v) is 14.0. The van der Waals surface area contributed by atoms with Crippen molar-refractivity contribution in [1.82, 2.24) is 20.2 Å².